The molecule has 1 N–H and O–H groups in total. The molecule has 1 aliphatic rings. The molecule has 0 unspecified atom stereocenters. The number of β-amino-alcohol motifs (C(OH)–C–C–N with tert-alkyl or cyclic N) is 1. The number of aryl methyl sites for hydroxylation is 1. The van der Waals surface area contributed by atoms with Crippen LogP contribution in [0.5, 0.6) is 11.5 Å². The minimum atomic E-state index is -0.396. The van der Waals surface area contributed by atoms with E-state index in [4.69, 9.17) is 4.74 Å². The van der Waals surface area contributed by atoms with Gasteiger partial charge in [0.05, 0.1) is 6.10 Å². The van der Waals surface area contributed by atoms with Gasteiger partial charge in [-0.2, -0.15) is 0 Å². The summed E-state index contributed by atoms with van der Waals surface area (Å²) < 4.78 is 5.79. The Morgan fingerprint density at radius 2 is 2.00 bits per heavy atom. The molecule has 1 amide bonds. The first-order valence-corrected chi connectivity index (χ1v) is 6.79. The van der Waals surface area contributed by atoms with Gasteiger partial charge in [-0.15, -0.1) is 0 Å². The standard InChI is InChI=1S/C16H16N2O3/c1-11-2-3-12(16(20)18-9-13(19)10-18)8-15(11)21-14-4-6-17-7-5-14/h2-8,13,19H,9-10H2,1H3. The Labute approximate surface area is 122 Å². The van der Waals surface area contributed by atoms with E-state index in [1.807, 2.05) is 13.0 Å². The van der Waals surface area contributed by atoms with Crippen LogP contribution in [0.25, 0.3) is 0 Å². The first-order valence-electron chi connectivity index (χ1n) is 6.79. The summed E-state index contributed by atoms with van der Waals surface area (Å²) in [6, 6.07) is 8.91. The van der Waals surface area contributed by atoms with Crippen molar-refractivity contribution in [2.75, 3.05) is 13.1 Å². The van der Waals surface area contributed by atoms with E-state index >= 15 is 0 Å². The number of carbonyl (C=O) groups excluding carboxylic acids is 1. The molecule has 1 aromatic heterocycles. The molecule has 0 aliphatic carbocycles. The van der Waals surface area contributed by atoms with Crippen LogP contribution in [0.2, 0.25) is 0 Å². The molecule has 2 heterocycles. The Balaban J connectivity index is 1.81. The lowest BCUT2D eigenvalue weighted by atomic mass is 10.1. The minimum absolute atomic E-state index is 0.0834. The van der Waals surface area contributed by atoms with Crippen molar-refractivity contribution in [2.24, 2.45) is 0 Å². The normalized spacial score (nSPS) is 14.7. The van der Waals surface area contributed by atoms with Crippen LogP contribution in [-0.2, 0) is 0 Å². The summed E-state index contributed by atoms with van der Waals surface area (Å²) in [5.74, 6) is 1.24. The van der Waals surface area contributed by atoms with Crippen LogP contribution in [-0.4, -0.2) is 40.1 Å². The molecule has 1 aliphatic heterocycles. The topological polar surface area (TPSA) is 62.7 Å². The summed E-state index contributed by atoms with van der Waals surface area (Å²) in [5, 5.41) is 9.28. The fourth-order valence-corrected chi connectivity index (χ4v) is 2.18. The molecular weight excluding hydrogens is 268 g/mol. The largest absolute Gasteiger partial charge is 0.457 e. The second-order valence-corrected chi connectivity index (χ2v) is 5.13. The van der Waals surface area contributed by atoms with Crippen LogP contribution >= 0.6 is 0 Å². The van der Waals surface area contributed by atoms with Crippen molar-refractivity contribution in [1.29, 1.82) is 0 Å². The zero-order valence-corrected chi connectivity index (χ0v) is 11.7. The second-order valence-electron chi connectivity index (χ2n) is 5.13. The second kappa shape index (κ2) is 5.54. The zero-order valence-electron chi connectivity index (χ0n) is 11.7. The zero-order chi connectivity index (χ0) is 14.8. The Hall–Kier alpha value is -2.40. The van der Waals surface area contributed by atoms with E-state index in [2.05, 4.69) is 4.98 Å². The van der Waals surface area contributed by atoms with Crippen molar-refractivity contribution in [3.05, 3.63) is 53.9 Å². The van der Waals surface area contributed by atoms with Crippen LogP contribution in [0, 0.1) is 6.92 Å². The first-order chi connectivity index (χ1) is 10.1. The molecular formula is C16H16N2O3. The Bertz CT molecular complexity index is 652. The number of nitrogens with zero attached hydrogens (tertiary/aromatic N) is 2. The number of benzene rings is 1. The van der Waals surface area contributed by atoms with Gasteiger partial charge in [-0.3, -0.25) is 9.78 Å². The lowest BCUT2D eigenvalue weighted by Gasteiger charge is -2.35. The van der Waals surface area contributed by atoms with E-state index < -0.39 is 6.10 Å². The fraction of sp³-hybridized carbons (Fsp3) is 0.250. The number of likely N-dealkylation sites (tertiary alicyclic amines) is 1. The summed E-state index contributed by atoms with van der Waals surface area (Å²) in [6.45, 7) is 2.72. The van der Waals surface area contributed by atoms with Gasteiger partial charge in [-0.1, -0.05) is 6.07 Å². The highest BCUT2D eigenvalue weighted by Crippen LogP contribution is 2.26. The van der Waals surface area contributed by atoms with Gasteiger partial charge in [-0.05, 0) is 36.8 Å². The third kappa shape index (κ3) is 2.87. The Morgan fingerprint density at radius 3 is 2.67 bits per heavy atom. The van der Waals surface area contributed by atoms with E-state index in [0.717, 1.165) is 5.56 Å². The van der Waals surface area contributed by atoms with Gasteiger partial charge in [0, 0.05) is 31.0 Å². The average Bonchev–Trinajstić information content (AvgIpc) is 2.47. The van der Waals surface area contributed by atoms with Crippen molar-refractivity contribution in [2.45, 2.75) is 13.0 Å². The highest BCUT2D eigenvalue weighted by atomic mass is 16.5. The molecule has 3 rings (SSSR count). The van der Waals surface area contributed by atoms with Crippen LogP contribution in [0.3, 0.4) is 0 Å². The van der Waals surface area contributed by atoms with Crippen molar-refractivity contribution in [3.63, 3.8) is 0 Å². The quantitative estimate of drug-likeness (QED) is 0.936. The molecule has 0 spiro atoms. The molecule has 0 atom stereocenters. The lowest BCUT2D eigenvalue weighted by molar-refractivity contribution is 0.00588. The molecule has 21 heavy (non-hydrogen) atoms. The molecule has 1 saturated heterocycles. The lowest BCUT2D eigenvalue weighted by Crippen LogP contribution is -2.53. The van der Waals surface area contributed by atoms with E-state index in [9.17, 15) is 9.90 Å². The van der Waals surface area contributed by atoms with Crippen LogP contribution in [0.4, 0.5) is 0 Å². The SMILES string of the molecule is Cc1ccc(C(=O)N2CC(O)C2)cc1Oc1ccncc1. The minimum Gasteiger partial charge on any atom is -0.457 e. The smallest absolute Gasteiger partial charge is 0.254 e. The number of aromatic nitrogens is 1. The van der Waals surface area contributed by atoms with Gasteiger partial charge in [0.1, 0.15) is 11.5 Å². The van der Waals surface area contributed by atoms with Crippen LogP contribution in [0.1, 0.15) is 15.9 Å². The van der Waals surface area contributed by atoms with Crippen molar-refractivity contribution < 1.29 is 14.6 Å². The van der Waals surface area contributed by atoms with Gasteiger partial charge in [0.2, 0.25) is 0 Å². The summed E-state index contributed by atoms with van der Waals surface area (Å²) >= 11 is 0. The monoisotopic (exact) mass is 284 g/mol. The molecule has 5 nitrogen and oxygen atoms in total. The van der Waals surface area contributed by atoms with Gasteiger partial charge >= 0.3 is 0 Å². The van der Waals surface area contributed by atoms with E-state index in [1.165, 1.54) is 0 Å². The molecule has 5 heteroatoms. The average molecular weight is 284 g/mol. The number of hydrogen-bond donors (Lipinski definition) is 1. The van der Waals surface area contributed by atoms with E-state index in [1.54, 1.807) is 41.6 Å². The number of hydrogen-bond acceptors (Lipinski definition) is 4. The highest BCUT2D eigenvalue weighted by Gasteiger charge is 2.29. The van der Waals surface area contributed by atoms with E-state index in [0.29, 0.717) is 30.2 Å². The predicted octanol–water partition coefficient (Wildman–Crippen LogP) is 2.00. The van der Waals surface area contributed by atoms with Crippen LogP contribution in [0.15, 0.2) is 42.7 Å². The number of pyridine rings is 1. The van der Waals surface area contributed by atoms with Gasteiger partial charge < -0.3 is 14.7 Å². The molecule has 0 radical (unpaired) electrons. The third-order valence-corrected chi connectivity index (χ3v) is 3.46. The first kappa shape index (κ1) is 13.6. The highest BCUT2D eigenvalue weighted by molar-refractivity contribution is 5.95. The molecule has 0 bridgehead atoms. The molecule has 1 fully saturated rings. The number of aliphatic hydroxyl groups excluding tert-OH is 1. The number of rotatable bonds is 3. The van der Waals surface area contributed by atoms with Gasteiger partial charge in [-0.25, -0.2) is 0 Å². The Kier molecular flexibility index (Phi) is 3.58. The maximum absolute atomic E-state index is 12.2. The van der Waals surface area contributed by atoms with Crippen LogP contribution < -0.4 is 4.74 Å². The number of ether oxygens (including phenoxy) is 1. The Morgan fingerprint density at radius 1 is 1.29 bits per heavy atom. The summed E-state index contributed by atoms with van der Waals surface area (Å²) in [5.41, 5.74) is 1.52. The van der Waals surface area contributed by atoms with Crippen molar-refractivity contribution in [3.8, 4) is 11.5 Å². The fourth-order valence-electron chi connectivity index (χ4n) is 2.18. The van der Waals surface area contributed by atoms with Crippen molar-refractivity contribution >= 4 is 5.91 Å². The number of amides is 1. The molecule has 108 valence electrons. The predicted molar refractivity (Wildman–Crippen MR) is 77.4 cm³/mol. The number of carbonyl (C=O) groups is 1. The summed E-state index contributed by atoms with van der Waals surface area (Å²) in [4.78, 5) is 17.8. The van der Waals surface area contributed by atoms with Crippen molar-refractivity contribution in [1.82, 2.24) is 9.88 Å². The summed E-state index contributed by atoms with van der Waals surface area (Å²) in [7, 11) is 0. The van der Waals surface area contributed by atoms with Gasteiger partial charge in [0.15, 0.2) is 0 Å². The van der Waals surface area contributed by atoms with Gasteiger partial charge in [0.25, 0.3) is 5.91 Å². The molecule has 0 saturated carbocycles. The van der Waals surface area contributed by atoms with E-state index in [-0.39, 0.29) is 5.91 Å². The maximum atomic E-state index is 12.2. The summed E-state index contributed by atoms with van der Waals surface area (Å²) in [6.07, 6.45) is 2.91. The third-order valence-electron chi connectivity index (χ3n) is 3.46. The molecule has 2 aromatic rings. The maximum Gasteiger partial charge on any atom is 0.254 e. The molecule has 1 aromatic carbocycles. The number of aliphatic hydroxyl groups is 1.